The van der Waals surface area contributed by atoms with Crippen LogP contribution in [0.2, 0.25) is 0 Å². The summed E-state index contributed by atoms with van der Waals surface area (Å²) in [6.45, 7) is 4.69. The lowest BCUT2D eigenvalue weighted by Gasteiger charge is -2.30. The van der Waals surface area contributed by atoms with Crippen molar-refractivity contribution in [3.05, 3.63) is 539 Å². The molecule has 0 atom stereocenters. The average molecular weight is 1850 g/mol. The molecule has 146 heavy (non-hydrogen) atoms. The Morgan fingerprint density at radius 3 is 0.616 bits per heavy atom. The van der Waals surface area contributed by atoms with Crippen molar-refractivity contribution in [2.45, 2.75) is 35.5 Å². The molecule has 7 aliphatic carbocycles. The van der Waals surface area contributed by atoms with Crippen molar-refractivity contribution in [1.29, 1.82) is 0 Å². The van der Waals surface area contributed by atoms with E-state index >= 15 is 0 Å². The summed E-state index contributed by atoms with van der Waals surface area (Å²) in [4.78, 5) is 0. The highest BCUT2D eigenvalue weighted by molar-refractivity contribution is 6.28. The molecule has 0 fully saturated rings. The molecule has 24 aromatic carbocycles. The maximum Gasteiger partial charge on any atom is 0.136 e. The van der Waals surface area contributed by atoms with Gasteiger partial charge < -0.3 is 17.7 Å². The van der Waals surface area contributed by atoms with Crippen molar-refractivity contribution in [3.63, 3.8) is 0 Å². The van der Waals surface area contributed by atoms with Gasteiger partial charge in [-0.2, -0.15) is 0 Å². The van der Waals surface area contributed by atoms with Gasteiger partial charge in [-0.15, -0.1) is 0 Å². The molecule has 0 bridgehead atoms. The van der Waals surface area contributed by atoms with Crippen molar-refractivity contribution in [2.24, 2.45) is 0 Å². The molecule has 0 N–H and O–H groups in total. The molecule has 0 saturated heterocycles. The molecular weight excluding hydrogens is 1770 g/mol. The van der Waals surface area contributed by atoms with E-state index in [9.17, 15) is 0 Å². The van der Waals surface area contributed by atoms with E-state index in [0.29, 0.717) is 0 Å². The van der Waals surface area contributed by atoms with Crippen molar-refractivity contribution in [3.8, 4) is 122 Å². The van der Waals surface area contributed by atoms with E-state index in [4.69, 9.17) is 17.7 Å². The van der Waals surface area contributed by atoms with Gasteiger partial charge in [0.15, 0.2) is 0 Å². The van der Waals surface area contributed by atoms with Crippen molar-refractivity contribution < 1.29 is 17.7 Å². The van der Waals surface area contributed by atoms with E-state index in [2.05, 4.69) is 475 Å². The molecule has 7 aliphatic rings. The molecule has 4 aromatic heterocycles. The summed E-state index contributed by atoms with van der Waals surface area (Å²) in [5.74, 6) is 0. The third kappa shape index (κ3) is 9.72. The highest BCUT2D eigenvalue weighted by atomic mass is 16.3. The molecule has 3 spiro atoms. The zero-order valence-electron chi connectivity index (χ0n) is 79.5. The van der Waals surface area contributed by atoms with Crippen LogP contribution in [0.15, 0.2) is 479 Å². The number of hydrogen-bond acceptors (Lipinski definition) is 4. The Morgan fingerprint density at radius 2 is 0.329 bits per heavy atom. The lowest BCUT2D eigenvalue weighted by atomic mass is 9.70. The molecule has 674 valence electrons. The molecule has 4 heterocycles. The Morgan fingerprint density at radius 1 is 0.130 bits per heavy atom. The Labute approximate surface area is 839 Å². The fourth-order valence-corrected chi connectivity index (χ4v) is 29.5. The van der Waals surface area contributed by atoms with Crippen LogP contribution in [0.5, 0.6) is 0 Å². The summed E-state index contributed by atoms with van der Waals surface area (Å²) >= 11 is 0. The first-order chi connectivity index (χ1) is 72.2. The van der Waals surface area contributed by atoms with Crippen LogP contribution in [0.4, 0.5) is 0 Å². The van der Waals surface area contributed by atoms with Gasteiger partial charge in [-0.3, -0.25) is 0 Å². The van der Waals surface area contributed by atoms with Gasteiger partial charge >= 0.3 is 0 Å². The van der Waals surface area contributed by atoms with Crippen LogP contribution in [0.25, 0.3) is 253 Å². The third-order valence-corrected chi connectivity index (χ3v) is 35.0. The number of benzene rings is 24. The predicted molar refractivity (Wildman–Crippen MR) is 600 cm³/mol. The van der Waals surface area contributed by atoms with Gasteiger partial charge in [0.25, 0.3) is 0 Å². The molecule has 0 amide bonds. The Kier molecular flexibility index (Phi) is 15.3. The van der Waals surface area contributed by atoms with Gasteiger partial charge in [-0.25, -0.2) is 0 Å². The first-order valence-electron chi connectivity index (χ1n) is 51.1. The summed E-state index contributed by atoms with van der Waals surface area (Å²) in [5, 5.41) is 18.9. The second kappa shape index (κ2) is 28.3. The maximum atomic E-state index is 7.02. The highest BCUT2D eigenvalue weighted by Gasteiger charge is 2.56. The van der Waals surface area contributed by atoms with Crippen molar-refractivity contribution in [2.75, 3.05) is 0 Å². The largest absolute Gasteiger partial charge is 0.456 e. The van der Waals surface area contributed by atoms with Crippen LogP contribution >= 0.6 is 0 Å². The normalized spacial score (nSPS) is 14.5. The van der Waals surface area contributed by atoms with E-state index in [1.807, 2.05) is 0 Å². The van der Waals surface area contributed by atoms with Gasteiger partial charge in [0.1, 0.15) is 44.7 Å². The van der Waals surface area contributed by atoms with Crippen LogP contribution in [-0.4, -0.2) is 0 Å². The zero-order chi connectivity index (χ0) is 95.2. The van der Waals surface area contributed by atoms with Gasteiger partial charge in [-0.05, 0) is 316 Å². The Hall–Kier alpha value is -18.5. The molecule has 4 heteroatoms. The molecule has 0 saturated carbocycles. The third-order valence-electron chi connectivity index (χ3n) is 35.0. The molecular formula is C142H82O4. The molecule has 0 aliphatic heterocycles. The van der Waals surface area contributed by atoms with Gasteiger partial charge in [0.05, 0.1) is 16.2 Å². The minimum absolute atomic E-state index is 0.0987. The van der Waals surface area contributed by atoms with Crippen LogP contribution in [0, 0.1) is 0 Å². The first-order valence-corrected chi connectivity index (χ1v) is 51.1. The second-order valence-electron chi connectivity index (χ2n) is 41.7. The maximum absolute atomic E-state index is 7.02. The molecule has 0 unspecified atom stereocenters. The topological polar surface area (TPSA) is 52.6 Å². The number of hydrogen-bond donors (Lipinski definition) is 0. The molecule has 28 aromatic rings. The Bertz CT molecular complexity index is 10300. The van der Waals surface area contributed by atoms with Gasteiger partial charge in [0.2, 0.25) is 0 Å². The predicted octanol–water partition coefficient (Wildman–Crippen LogP) is 37.6. The second-order valence-corrected chi connectivity index (χ2v) is 41.7. The minimum atomic E-state index is -0.420. The summed E-state index contributed by atoms with van der Waals surface area (Å²) in [6, 6.07) is 172. The lowest BCUT2D eigenvalue weighted by Crippen LogP contribution is -2.25. The van der Waals surface area contributed by atoms with Gasteiger partial charge in [-0.1, -0.05) is 402 Å². The van der Waals surface area contributed by atoms with Crippen LogP contribution < -0.4 is 0 Å². The number of fused-ring (bicyclic) bond motifs is 53. The summed E-state index contributed by atoms with van der Waals surface area (Å²) in [5.41, 5.74) is 52.1. The molecule has 35 rings (SSSR count). The van der Waals surface area contributed by atoms with E-state index in [-0.39, 0.29) is 5.41 Å². The lowest BCUT2D eigenvalue weighted by molar-refractivity contribution is 0.656. The SMILES string of the molecule is CC1(C)c2ccccc2-c2c1ccc1oc3ccc(-c4c5ccccc5c(-c5ccc6c(c5)oc5ccc7c(c56)-c5ccccc5C75c6ccccc6-c6ccccc65)c5ccccc45)cc3c21.c1ccc2c(c1)-c1ccccc1C21c2ccccc2-c2c1ccc1oc3cc(-c4c5ccccc5c(-c5ccc6c(c5)oc5ccc7c(c56)-c5ccccc5C75c6ccccc6-c6ccccc65)c5ccccc45)ccc3c21. The molecule has 4 nitrogen and oxygen atoms in total. The summed E-state index contributed by atoms with van der Waals surface area (Å²) in [6.07, 6.45) is 0. The van der Waals surface area contributed by atoms with Crippen LogP contribution in [0.1, 0.15) is 91.7 Å². The number of furan rings is 4. The van der Waals surface area contributed by atoms with E-state index in [1.54, 1.807) is 0 Å². The standard InChI is InChI=1S/C76H42O2.C66H40O2/c1-2-22-50-49(21-1)69(43-33-35-55-67(41-43)77-65-39-37-63-71(73(55)65)53-25-9-15-31-61(53)75(63)57-27-11-5-17-45(57)46-18-6-12-28-58(46)75)51-23-3-4-24-52(51)70(50)44-34-36-56-68(42-44)78-66-40-38-64-72(74(56)66)54-26-10-16-32-62(54)76(64)59-29-13-7-19-47(59)48-20-8-14-30-60(48)76;1-65(2)49-23-11-9-21-45(49)61-53(65)30-33-57-64(61)48-35-37(28-32-55(48)67-57)59-41-17-3-5-19-43(41)60(44-20-6-4-18-42(44)59)38-27-29-47-58(36-38)68-56-34-31-54-62(63(47)56)46-22-10-14-26-52(46)66(54)50-24-12-7-15-39(50)40-16-8-13-25-51(40)66/h1-42H;3-36H,1-2H3. The minimum Gasteiger partial charge on any atom is -0.456 e. The Balaban J connectivity index is 0.000000127. The first kappa shape index (κ1) is 79.2. The van der Waals surface area contributed by atoms with E-state index < -0.39 is 16.2 Å². The molecule has 0 radical (unpaired) electrons. The summed E-state index contributed by atoms with van der Waals surface area (Å²) < 4.78 is 27.7. The van der Waals surface area contributed by atoms with E-state index in [0.717, 1.165) is 82.9 Å². The van der Waals surface area contributed by atoms with Crippen molar-refractivity contribution >= 4 is 131 Å². The zero-order valence-corrected chi connectivity index (χ0v) is 79.5. The van der Waals surface area contributed by atoms with E-state index in [1.165, 1.54) is 248 Å². The monoisotopic (exact) mass is 1850 g/mol. The van der Waals surface area contributed by atoms with Crippen LogP contribution in [-0.2, 0) is 21.7 Å². The van der Waals surface area contributed by atoms with Crippen molar-refractivity contribution in [1.82, 2.24) is 0 Å². The highest BCUT2D eigenvalue weighted by Crippen LogP contribution is 2.70. The summed E-state index contributed by atoms with van der Waals surface area (Å²) in [7, 11) is 0. The quantitative estimate of drug-likeness (QED) is 0.165. The van der Waals surface area contributed by atoms with Crippen LogP contribution in [0.3, 0.4) is 0 Å². The fourth-order valence-electron chi connectivity index (χ4n) is 29.5. The fraction of sp³-hybridized carbons (Fsp3) is 0.0423. The van der Waals surface area contributed by atoms with Gasteiger partial charge in [0, 0.05) is 48.5 Å². The smallest absolute Gasteiger partial charge is 0.136 e. The average Bonchev–Trinajstić information content (AvgIpc) is 1.50. The number of rotatable bonds is 4.